The standard InChI is InChI=1S/C26H44N2/c1-2-4-12-18-27-25-19-22(21-13-7-5-8-14-21)20-26(24(25)17-11-3-1)28-23-15-9-6-10-16-23/h19-21,23-25,27-28H,1-18H2. The molecule has 28 heavy (non-hydrogen) atoms. The van der Waals surface area contributed by atoms with Crippen LogP contribution in [0.25, 0.3) is 0 Å². The van der Waals surface area contributed by atoms with Gasteiger partial charge in [0.05, 0.1) is 0 Å². The fourth-order valence-electron chi connectivity index (χ4n) is 6.17. The van der Waals surface area contributed by atoms with E-state index in [-0.39, 0.29) is 0 Å². The van der Waals surface area contributed by atoms with E-state index in [9.17, 15) is 0 Å². The van der Waals surface area contributed by atoms with Gasteiger partial charge in [0.15, 0.2) is 0 Å². The Morgan fingerprint density at radius 3 is 2.07 bits per heavy atom. The van der Waals surface area contributed by atoms with E-state index in [4.69, 9.17) is 0 Å². The molecule has 0 aromatic heterocycles. The van der Waals surface area contributed by atoms with E-state index in [1.54, 1.807) is 11.3 Å². The molecule has 0 radical (unpaired) electrons. The lowest BCUT2D eigenvalue weighted by Gasteiger charge is -2.38. The van der Waals surface area contributed by atoms with Crippen LogP contribution in [0.1, 0.15) is 109 Å². The molecule has 0 amide bonds. The minimum Gasteiger partial charge on any atom is -0.385 e. The summed E-state index contributed by atoms with van der Waals surface area (Å²) < 4.78 is 0. The van der Waals surface area contributed by atoms with Crippen molar-refractivity contribution in [2.45, 2.75) is 121 Å². The lowest BCUT2D eigenvalue weighted by molar-refractivity contribution is 0.338. The Labute approximate surface area is 174 Å². The normalized spacial score (nSPS) is 31.9. The first-order valence-corrected chi connectivity index (χ1v) is 12.8. The van der Waals surface area contributed by atoms with Crippen molar-refractivity contribution in [1.29, 1.82) is 0 Å². The molecular weight excluding hydrogens is 340 g/mol. The molecule has 2 saturated carbocycles. The average molecular weight is 385 g/mol. The molecule has 0 aromatic carbocycles. The van der Waals surface area contributed by atoms with Crippen molar-refractivity contribution in [3.05, 3.63) is 23.4 Å². The summed E-state index contributed by atoms with van der Waals surface area (Å²) in [6.45, 7) is 1.20. The summed E-state index contributed by atoms with van der Waals surface area (Å²) in [5.74, 6) is 1.49. The van der Waals surface area contributed by atoms with E-state index in [0.29, 0.717) is 12.0 Å². The maximum atomic E-state index is 4.11. The van der Waals surface area contributed by atoms with Crippen molar-refractivity contribution in [3.63, 3.8) is 0 Å². The van der Waals surface area contributed by atoms with Crippen molar-refractivity contribution in [2.24, 2.45) is 11.8 Å². The minimum absolute atomic E-state index is 0.561. The average Bonchev–Trinajstić information content (AvgIpc) is 2.80. The number of rotatable bonds is 3. The molecule has 0 spiro atoms. The number of hydrogen-bond donors (Lipinski definition) is 2. The molecule has 2 atom stereocenters. The Kier molecular flexibility index (Phi) is 7.95. The third-order valence-corrected chi connectivity index (χ3v) is 7.90. The highest BCUT2D eigenvalue weighted by atomic mass is 15.0. The molecule has 3 fully saturated rings. The van der Waals surface area contributed by atoms with Crippen LogP contribution in [-0.4, -0.2) is 18.6 Å². The fraction of sp³-hybridized carbons (Fsp3) is 0.846. The Bertz CT molecular complexity index is 523. The number of nitrogens with one attached hydrogen (secondary N) is 2. The second-order valence-corrected chi connectivity index (χ2v) is 10.1. The van der Waals surface area contributed by atoms with Crippen LogP contribution >= 0.6 is 0 Å². The Balaban J connectivity index is 1.53. The van der Waals surface area contributed by atoms with Gasteiger partial charge in [-0.1, -0.05) is 76.7 Å². The van der Waals surface area contributed by atoms with Crippen LogP contribution in [0, 0.1) is 11.8 Å². The van der Waals surface area contributed by atoms with Crippen LogP contribution in [-0.2, 0) is 0 Å². The summed E-state index contributed by atoms with van der Waals surface area (Å²) in [6.07, 6.45) is 29.3. The van der Waals surface area contributed by atoms with E-state index in [0.717, 1.165) is 12.0 Å². The molecule has 4 aliphatic rings. The monoisotopic (exact) mass is 384 g/mol. The van der Waals surface area contributed by atoms with E-state index in [1.807, 2.05) is 0 Å². The number of hydrogen-bond acceptors (Lipinski definition) is 2. The topological polar surface area (TPSA) is 24.1 Å². The molecule has 1 heterocycles. The molecule has 4 rings (SSSR count). The summed E-state index contributed by atoms with van der Waals surface area (Å²) in [5, 5.41) is 8.10. The van der Waals surface area contributed by atoms with Crippen LogP contribution in [0.2, 0.25) is 0 Å². The molecule has 2 nitrogen and oxygen atoms in total. The predicted octanol–water partition coefficient (Wildman–Crippen LogP) is 6.63. The second kappa shape index (κ2) is 10.9. The molecule has 2 N–H and O–H groups in total. The Hall–Kier alpha value is -0.760. The van der Waals surface area contributed by atoms with Crippen LogP contribution in [0.5, 0.6) is 0 Å². The van der Waals surface area contributed by atoms with Gasteiger partial charge in [-0.25, -0.2) is 0 Å². The molecule has 0 bridgehead atoms. The van der Waals surface area contributed by atoms with Gasteiger partial charge in [0.2, 0.25) is 0 Å². The van der Waals surface area contributed by atoms with Gasteiger partial charge in [0.25, 0.3) is 0 Å². The van der Waals surface area contributed by atoms with Crippen molar-refractivity contribution in [1.82, 2.24) is 10.6 Å². The van der Waals surface area contributed by atoms with Gasteiger partial charge in [0.1, 0.15) is 0 Å². The SMILES string of the molecule is C1=C(C2CCCCC2)C=C(NC2CCCCC2)C2CCCCCCCCNC12. The first kappa shape index (κ1) is 20.5. The molecule has 1 aliphatic heterocycles. The second-order valence-electron chi connectivity index (χ2n) is 10.1. The van der Waals surface area contributed by atoms with Crippen molar-refractivity contribution in [2.75, 3.05) is 6.54 Å². The smallest absolute Gasteiger partial charge is 0.0338 e. The lowest BCUT2D eigenvalue weighted by Crippen LogP contribution is -2.44. The van der Waals surface area contributed by atoms with E-state index in [2.05, 4.69) is 22.8 Å². The summed E-state index contributed by atoms with van der Waals surface area (Å²) >= 11 is 0. The summed E-state index contributed by atoms with van der Waals surface area (Å²) in [4.78, 5) is 0. The van der Waals surface area contributed by atoms with Gasteiger partial charge < -0.3 is 10.6 Å². The highest BCUT2D eigenvalue weighted by Crippen LogP contribution is 2.37. The zero-order valence-electron chi connectivity index (χ0n) is 18.2. The summed E-state index contributed by atoms with van der Waals surface area (Å²) in [5.41, 5.74) is 3.27. The molecule has 158 valence electrons. The minimum atomic E-state index is 0.561. The van der Waals surface area contributed by atoms with Crippen molar-refractivity contribution >= 4 is 0 Å². The van der Waals surface area contributed by atoms with Crippen LogP contribution < -0.4 is 10.6 Å². The third-order valence-electron chi connectivity index (χ3n) is 7.90. The maximum absolute atomic E-state index is 4.11. The first-order valence-electron chi connectivity index (χ1n) is 12.8. The third kappa shape index (κ3) is 5.65. The van der Waals surface area contributed by atoms with Crippen LogP contribution in [0.3, 0.4) is 0 Å². The Morgan fingerprint density at radius 2 is 1.29 bits per heavy atom. The zero-order valence-corrected chi connectivity index (χ0v) is 18.2. The summed E-state index contributed by atoms with van der Waals surface area (Å²) in [7, 11) is 0. The highest BCUT2D eigenvalue weighted by Gasteiger charge is 2.31. The quantitative estimate of drug-likeness (QED) is 0.570. The van der Waals surface area contributed by atoms with Crippen molar-refractivity contribution < 1.29 is 0 Å². The highest BCUT2D eigenvalue weighted by molar-refractivity contribution is 5.35. The molecule has 1 saturated heterocycles. The van der Waals surface area contributed by atoms with E-state index in [1.165, 1.54) is 116 Å². The fourth-order valence-corrected chi connectivity index (χ4v) is 6.17. The van der Waals surface area contributed by atoms with E-state index < -0.39 is 0 Å². The molecule has 2 unspecified atom stereocenters. The lowest BCUT2D eigenvalue weighted by atomic mass is 9.76. The molecule has 3 aliphatic carbocycles. The first-order chi connectivity index (χ1) is 13.9. The molecular formula is C26H44N2. The number of allylic oxidation sites excluding steroid dienone is 2. The van der Waals surface area contributed by atoms with Crippen molar-refractivity contribution in [3.8, 4) is 0 Å². The molecule has 0 aromatic rings. The predicted molar refractivity (Wildman–Crippen MR) is 120 cm³/mol. The van der Waals surface area contributed by atoms with Gasteiger partial charge in [-0.2, -0.15) is 0 Å². The van der Waals surface area contributed by atoms with Gasteiger partial charge in [-0.15, -0.1) is 0 Å². The van der Waals surface area contributed by atoms with Gasteiger partial charge in [-0.05, 0) is 62.6 Å². The summed E-state index contributed by atoms with van der Waals surface area (Å²) in [6, 6.07) is 1.29. The van der Waals surface area contributed by atoms with Crippen LogP contribution in [0.15, 0.2) is 23.4 Å². The van der Waals surface area contributed by atoms with Crippen LogP contribution in [0.4, 0.5) is 0 Å². The van der Waals surface area contributed by atoms with Gasteiger partial charge >= 0.3 is 0 Å². The van der Waals surface area contributed by atoms with Gasteiger partial charge in [-0.3, -0.25) is 0 Å². The molecule has 2 heteroatoms. The van der Waals surface area contributed by atoms with Gasteiger partial charge in [0, 0.05) is 23.7 Å². The van der Waals surface area contributed by atoms with E-state index >= 15 is 0 Å². The number of fused-ring (bicyclic) bond motifs is 1. The largest absolute Gasteiger partial charge is 0.385 e. The Morgan fingerprint density at radius 1 is 0.679 bits per heavy atom. The zero-order chi connectivity index (χ0) is 19.0. The maximum Gasteiger partial charge on any atom is 0.0338 e.